The van der Waals surface area contributed by atoms with Gasteiger partial charge in [-0.05, 0) is 24.7 Å². The van der Waals surface area contributed by atoms with Gasteiger partial charge in [-0.2, -0.15) is 0 Å². The van der Waals surface area contributed by atoms with Crippen molar-refractivity contribution in [3.63, 3.8) is 0 Å². The fourth-order valence-corrected chi connectivity index (χ4v) is 2.33. The van der Waals surface area contributed by atoms with Gasteiger partial charge in [-0.15, -0.1) is 0 Å². The Morgan fingerprint density at radius 2 is 2.07 bits per heavy atom. The maximum atomic E-state index is 11.3. The summed E-state index contributed by atoms with van der Waals surface area (Å²) < 4.78 is 0. The molecule has 1 aliphatic heterocycles. The van der Waals surface area contributed by atoms with Crippen LogP contribution in [0.4, 0.5) is 0 Å². The normalized spacial score (nSPS) is 29.4. The molecule has 1 aliphatic rings. The fraction of sp³-hybridized carbons (Fsp3) is 0.917. The van der Waals surface area contributed by atoms with Gasteiger partial charge in [0.05, 0.1) is 0 Å². The second-order valence-corrected chi connectivity index (χ2v) is 5.08. The van der Waals surface area contributed by atoms with Crippen molar-refractivity contribution in [2.45, 2.75) is 58.9 Å². The van der Waals surface area contributed by atoms with E-state index in [-0.39, 0.29) is 11.4 Å². The minimum atomic E-state index is 0.0898. The number of carbonyl (C=O) groups is 1. The first-order chi connectivity index (χ1) is 6.50. The van der Waals surface area contributed by atoms with Crippen LogP contribution in [0.25, 0.3) is 0 Å². The van der Waals surface area contributed by atoms with Gasteiger partial charge in [0, 0.05) is 12.0 Å². The smallest absolute Gasteiger partial charge is 0.220 e. The van der Waals surface area contributed by atoms with Crippen LogP contribution >= 0.6 is 0 Å². The molecule has 2 heteroatoms. The molecular weight excluding hydrogens is 174 g/mol. The Morgan fingerprint density at radius 3 is 2.43 bits per heavy atom. The lowest BCUT2D eigenvalue weighted by Crippen LogP contribution is -2.47. The van der Waals surface area contributed by atoms with E-state index >= 15 is 0 Å². The minimum Gasteiger partial charge on any atom is -0.350 e. The minimum absolute atomic E-state index is 0.0898. The van der Waals surface area contributed by atoms with Crippen LogP contribution in [-0.4, -0.2) is 11.4 Å². The Morgan fingerprint density at radius 1 is 1.43 bits per heavy atom. The van der Waals surface area contributed by atoms with Crippen LogP contribution in [0.1, 0.15) is 53.4 Å². The highest BCUT2D eigenvalue weighted by atomic mass is 16.2. The zero-order valence-corrected chi connectivity index (χ0v) is 9.89. The summed E-state index contributed by atoms with van der Waals surface area (Å²) in [7, 11) is 0. The summed E-state index contributed by atoms with van der Waals surface area (Å²) in [6.07, 6.45) is 4.07. The summed E-state index contributed by atoms with van der Waals surface area (Å²) in [4.78, 5) is 11.3. The molecule has 0 aromatic rings. The Balaban J connectivity index is 2.68. The van der Waals surface area contributed by atoms with Gasteiger partial charge in [-0.25, -0.2) is 0 Å². The Bertz CT molecular complexity index is 212. The van der Waals surface area contributed by atoms with Crippen molar-refractivity contribution in [3.05, 3.63) is 0 Å². The number of amides is 1. The van der Waals surface area contributed by atoms with Crippen LogP contribution in [0.15, 0.2) is 0 Å². The average Bonchev–Trinajstić information content (AvgIpc) is 2.48. The van der Waals surface area contributed by atoms with Crippen LogP contribution in [0.5, 0.6) is 0 Å². The van der Waals surface area contributed by atoms with E-state index in [4.69, 9.17) is 0 Å². The number of rotatable bonds is 4. The lowest BCUT2D eigenvalue weighted by molar-refractivity contribution is -0.120. The van der Waals surface area contributed by atoms with Crippen molar-refractivity contribution in [1.29, 1.82) is 0 Å². The first-order valence-electron chi connectivity index (χ1n) is 5.81. The molecule has 1 saturated heterocycles. The van der Waals surface area contributed by atoms with Crippen LogP contribution in [0.2, 0.25) is 0 Å². The van der Waals surface area contributed by atoms with Crippen LogP contribution in [0, 0.1) is 11.8 Å². The molecule has 0 aromatic heterocycles. The lowest BCUT2D eigenvalue weighted by Gasteiger charge is -2.35. The molecule has 0 bridgehead atoms. The van der Waals surface area contributed by atoms with Gasteiger partial charge < -0.3 is 5.32 Å². The quantitative estimate of drug-likeness (QED) is 0.737. The third kappa shape index (κ3) is 2.28. The summed E-state index contributed by atoms with van der Waals surface area (Å²) in [5.74, 6) is 1.49. The van der Waals surface area contributed by atoms with E-state index in [1.807, 2.05) is 0 Å². The van der Waals surface area contributed by atoms with Gasteiger partial charge in [-0.3, -0.25) is 4.79 Å². The first kappa shape index (κ1) is 11.5. The highest BCUT2D eigenvalue weighted by Crippen LogP contribution is 2.34. The highest BCUT2D eigenvalue weighted by molar-refractivity contribution is 5.79. The summed E-state index contributed by atoms with van der Waals surface area (Å²) in [5.41, 5.74) is 0.0898. The number of carbonyl (C=O) groups excluding carboxylic acids is 1. The van der Waals surface area contributed by atoms with Gasteiger partial charge in [0.1, 0.15) is 0 Å². The predicted octanol–water partition coefficient (Wildman–Crippen LogP) is 2.73. The van der Waals surface area contributed by atoms with E-state index in [0.717, 1.165) is 12.8 Å². The lowest BCUT2D eigenvalue weighted by atomic mass is 9.77. The van der Waals surface area contributed by atoms with E-state index in [9.17, 15) is 4.79 Å². The van der Waals surface area contributed by atoms with Crippen molar-refractivity contribution in [3.8, 4) is 0 Å². The molecular formula is C12H23NO. The topological polar surface area (TPSA) is 29.1 Å². The number of hydrogen-bond donors (Lipinski definition) is 1. The fourth-order valence-electron chi connectivity index (χ4n) is 2.33. The predicted molar refractivity (Wildman–Crippen MR) is 59.0 cm³/mol. The van der Waals surface area contributed by atoms with Gasteiger partial charge in [0.25, 0.3) is 0 Å². The summed E-state index contributed by atoms with van der Waals surface area (Å²) in [5, 5.41) is 3.19. The molecule has 1 amide bonds. The molecule has 2 atom stereocenters. The maximum Gasteiger partial charge on any atom is 0.220 e. The van der Waals surface area contributed by atoms with E-state index in [1.54, 1.807) is 0 Å². The molecule has 82 valence electrons. The third-order valence-electron chi connectivity index (χ3n) is 3.70. The van der Waals surface area contributed by atoms with E-state index in [0.29, 0.717) is 18.3 Å². The average molecular weight is 197 g/mol. The monoisotopic (exact) mass is 197 g/mol. The van der Waals surface area contributed by atoms with E-state index in [2.05, 4.69) is 33.0 Å². The second kappa shape index (κ2) is 4.33. The van der Waals surface area contributed by atoms with E-state index < -0.39 is 0 Å². The molecule has 2 nitrogen and oxygen atoms in total. The summed E-state index contributed by atoms with van der Waals surface area (Å²) in [6, 6.07) is 0. The highest BCUT2D eigenvalue weighted by Gasteiger charge is 2.40. The molecule has 1 rings (SSSR count). The van der Waals surface area contributed by atoms with Crippen LogP contribution in [-0.2, 0) is 4.79 Å². The zero-order chi connectivity index (χ0) is 10.8. The zero-order valence-electron chi connectivity index (χ0n) is 9.89. The Labute approximate surface area is 87.5 Å². The second-order valence-electron chi connectivity index (χ2n) is 5.08. The molecule has 1 fully saturated rings. The van der Waals surface area contributed by atoms with Crippen LogP contribution < -0.4 is 5.32 Å². The number of hydrogen-bond acceptors (Lipinski definition) is 1. The standard InChI is InChI=1S/C12H23NO/c1-5-10(4)8-12(9(2)3)7-6-11(14)13-12/h9-10H,5-8H2,1-4H3,(H,13,14). The Hall–Kier alpha value is -0.530. The molecule has 1 N–H and O–H groups in total. The number of nitrogens with one attached hydrogen (secondary N) is 1. The van der Waals surface area contributed by atoms with Gasteiger partial charge in [-0.1, -0.05) is 34.1 Å². The summed E-state index contributed by atoms with van der Waals surface area (Å²) >= 11 is 0. The van der Waals surface area contributed by atoms with E-state index in [1.165, 1.54) is 6.42 Å². The van der Waals surface area contributed by atoms with Crippen molar-refractivity contribution < 1.29 is 4.79 Å². The molecule has 0 radical (unpaired) electrons. The van der Waals surface area contributed by atoms with Gasteiger partial charge >= 0.3 is 0 Å². The first-order valence-corrected chi connectivity index (χ1v) is 5.81. The largest absolute Gasteiger partial charge is 0.350 e. The molecule has 0 spiro atoms. The SMILES string of the molecule is CCC(C)CC1(C(C)C)CCC(=O)N1. The molecule has 1 heterocycles. The van der Waals surface area contributed by atoms with Crippen LogP contribution in [0.3, 0.4) is 0 Å². The molecule has 0 aromatic carbocycles. The third-order valence-corrected chi connectivity index (χ3v) is 3.70. The van der Waals surface area contributed by atoms with Gasteiger partial charge in [0.15, 0.2) is 0 Å². The maximum absolute atomic E-state index is 11.3. The van der Waals surface area contributed by atoms with Crippen molar-refractivity contribution in [2.24, 2.45) is 11.8 Å². The molecule has 2 unspecified atom stereocenters. The molecule has 0 aliphatic carbocycles. The molecule has 14 heavy (non-hydrogen) atoms. The summed E-state index contributed by atoms with van der Waals surface area (Å²) in [6.45, 7) is 8.92. The van der Waals surface area contributed by atoms with Crippen molar-refractivity contribution in [2.75, 3.05) is 0 Å². The Kier molecular flexibility index (Phi) is 3.57. The van der Waals surface area contributed by atoms with Crippen molar-refractivity contribution in [1.82, 2.24) is 5.32 Å². The molecule has 0 saturated carbocycles. The van der Waals surface area contributed by atoms with Gasteiger partial charge in [0.2, 0.25) is 5.91 Å². The van der Waals surface area contributed by atoms with Crippen molar-refractivity contribution >= 4 is 5.91 Å².